The number of aromatic nitrogens is 10. The van der Waals surface area contributed by atoms with E-state index in [0.29, 0.717) is 28.9 Å². The van der Waals surface area contributed by atoms with Crippen molar-refractivity contribution in [3.8, 4) is 114 Å². The largest absolute Gasteiger partial charge is 0.309 e. The molecule has 0 saturated heterocycles. The molecule has 0 bridgehead atoms. The molecule has 6 heterocycles. The summed E-state index contributed by atoms with van der Waals surface area (Å²) in [4.78, 5) is 28.9. The molecule has 0 N–H and O–H groups in total. The number of fused-ring (bicyclic) bond motifs is 14. The Hall–Kier alpha value is -15.5. The van der Waals surface area contributed by atoms with Crippen LogP contribution in [0.4, 0.5) is 0 Å². The van der Waals surface area contributed by atoms with Crippen molar-refractivity contribution in [2.75, 3.05) is 0 Å². The fraction of sp³-hybridized carbons (Fsp3) is 0. The standard InChI is InChI=1S/C52H32N6.C46H28N6/c53-33-39-32-38(52-55-50(36-16-6-2-7-17-36)54-51(56-52)37-26-24-35(25-27-37)34-14-4-1-5-15-34)28-30-44(39)58-45-22-12-10-20-41(45)42-29-31-47-48(49(42)58)43-21-11-13-23-46(43)57(47)40-18-8-3-9-19-40;47-29-33-28-32(46-49-44(30-14-4-1-5-15-30)48-45(50-46)31-16-6-2-7-17-31)24-26-38(33)52-39-22-12-10-20-35(39)36-25-27-41-42(43(36)52)37-21-11-13-23-40(37)51(41)34-18-8-3-9-19-34/h1-32H;1-28H/i28D,30D,32D;24D,26D,28D. The topological polar surface area (TPSA) is 145 Å². The molecule has 6 aromatic heterocycles. The lowest BCUT2D eigenvalue weighted by Crippen LogP contribution is -2.02. The van der Waals surface area contributed by atoms with Gasteiger partial charge in [0.05, 0.1) is 74.9 Å². The van der Waals surface area contributed by atoms with Crippen LogP contribution in [0.3, 0.4) is 0 Å². The lowest BCUT2D eigenvalue weighted by atomic mass is 10.0. The third kappa shape index (κ3) is 10.9. The number of para-hydroxylation sites is 6. The van der Waals surface area contributed by atoms with Crippen molar-refractivity contribution in [3.05, 3.63) is 375 Å². The Balaban J connectivity index is 0.000000150. The van der Waals surface area contributed by atoms with Crippen LogP contribution in [-0.4, -0.2) is 48.2 Å². The normalized spacial score (nSPS) is 12.2. The molecule has 0 spiro atoms. The van der Waals surface area contributed by atoms with E-state index in [2.05, 4.69) is 106 Å². The van der Waals surface area contributed by atoms with Crippen molar-refractivity contribution in [2.24, 2.45) is 0 Å². The Morgan fingerprint density at radius 1 is 0.227 bits per heavy atom. The first kappa shape index (κ1) is 57.9. The van der Waals surface area contributed by atoms with Crippen LogP contribution in [0, 0.1) is 22.7 Å². The van der Waals surface area contributed by atoms with Gasteiger partial charge < -0.3 is 18.3 Å². The van der Waals surface area contributed by atoms with Gasteiger partial charge in [0, 0.05) is 87.8 Å². The third-order valence-electron chi connectivity index (χ3n) is 20.3. The molecule has 0 saturated carbocycles. The Morgan fingerprint density at radius 2 is 0.500 bits per heavy atom. The van der Waals surface area contributed by atoms with Gasteiger partial charge in [-0.15, -0.1) is 0 Å². The van der Waals surface area contributed by atoms with Gasteiger partial charge in [-0.2, -0.15) is 10.5 Å². The van der Waals surface area contributed by atoms with Gasteiger partial charge in [0.1, 0.15) is 12.1 Å². The fourth-order valence-electron chi connectivity index (χ4n) is 15.4. The minimum absolute atomic E-state index is 0.00587. The Morgan fingerprint density at radius 3 is 0.855 bits per heavy atom. The molecule has 12 nitrogen and oxygen atoms in total. The van der Waals surface area contributed by atoms with Crippen LogP contribution in [0.1, 0.15) is 19.4 Å². The third-order valence-corrected chi connectivity index (χ3v) is 20.3. The summed E-state index contributed by atoms with van der Waals surface area (Å²) in [7, 11) is 0. The first-order chi connectivity index (χ1) is 57.0. The van der Waals surface area contributed by atoms with Crippen LogP contribution in [0.25, 0.3) is 189 Å². The van der Waals surface area contributed by atoms with Gasteiger partial charge in [-0.05, 0) is 108 Å². The second kappa shape index (κ2) is 26.9. The van der Waals surface area contributed by atoms with E-state index in [9.17, 15) is 18.7 Å². The molecule has 0 amide bonds. The van der Waals surface area contributed by atoms with Crippen LogP contribution < -0.4 is 0 Å². The summed E-state index contributed by atoms with van der Waals surface area (Å²) in [6.07, 6.45) is 0. The summed E-state index contributed by atoms with van der Waals surface area (Å²) in [5.41, 5.74) is 14.2. The van der Waals surface area contributed by atoms with Crippen molar-refractivity contribution in [3.63, 3.8) is 0 Å². The van der Waals surface area contributed by atoms with Crippen LogP contribution in [0.15, 0.2) is 364 Å². The van der Waals surface area contributed by atoms with E-state index in [-0.39, 0.29) is 81.5 Å². The predicted octanol–water partition coefficient (Wildman–Crippen LogP) is 23.5. The molecule has 0 aliphatic heterocycles. The predicted molar refractivity (Wildman–Crippen MR) is 444 cm³/mol. The number of hydrogen-bond acceptors (Lipinski definition) is 8. The van der Waals surface area contributed by atoms with Crippen molar-refractivity contribution in [1.82, 2.24) is 48.2 Å². The second-order valence-electron chi connectivity index (χ2n) is 26.6. The summed E-state index contributed by atoms with van der Waals surface area (Å²) >= 11 is 0. The summed E-state index contributed by atoms with van der Waals surface area (Å²) in [5.74, 6) is 1.50. The molecule has 0 aliphatic rings. The zero-order valence-electron chi connectivity index (χ0n) is 64.5. The lowest BCUT2D eigenvalue weighted by molar-refractivity contribution is 1.07. The minimum Gasteiger partial charge on any atom is -0.309 e. The molecule has 0 radical (unpaired) electrons. The first-order valence-electron chi connectivity index (χ1n) is 39.0. The van der Waals surface area contributed by atoms with Crippen LogP contribution >= 0.6 is 0 Å². The summed E-state index contributed by atoms with van der Waals surface area (Å²) in [5, 5.41) is 29.6. The molecule has 12 heteroatoms. The fourth-order valence-corrected chi connectivity index (χ4v) is 15.4. The zero-order valence-corrected chi connectivity index (χ0v) is 58.5. The molecular weight excluding hydrogens is 1350 g/mol. The summed E-state index contributed by atoms with van der Waals surface area (Å²) in [6, 6.07) is 111. The van der Waals surface area contributed by atoms with Gasteiger partial charge >= 0.3 is 0 Å². The van der Waals surface area contributed by atoms with E-state index in [4.69, 9.17) is 29.9 Å². The maximum absolute atomic E-state index is 11.1. The van der Waals surface area contributed by atoms with Crippen LogP contribution in [0.2, 0.25) is 0 Å². The number of benzene rings is 15. The number of nitriles is 2. The van der Waals surface area contributed by atoms with E-state index in [1.807, 2.05) is 252 Å². The number of hydrogen-bond donors (Lipinski definition) is 0. The monoisotopic (exact) mass is 1410 g/mol. The highest BCUT2D eigenvalue weighted by Gasteiger charge is 2.26. The molecule has 0 fully saturated rings. The number of rotatable bonds is 11. The van der Waals surface area contributed by atoms with Crippen LogP contribution in [0.5, 0.6) is 0 Å². The lowest BCUT2D eigenvalue weighted by Gasteiger charge is -2.13. The maximum atomic E-state index is 11.1. The smallest absolute Gasteiger partial charge is 0.164 e. The van der Waals surface area contributed by atoms with E-state index < -0.39 is 0 Å². The summed E-state index contributed by atoms with van der Waals surface area (Å²) < 4.78 is 66.2. The maximum Gasteiger partial charge on any atom is 0.164 e. The van der Waals surface area contributed by atoms with Gasteiger partial charge in [0.2, 0.25) is 0 Å². The Kier molecular flexibility index (Phi) is 14.1. The highest BCUT2D eigenvalue weighted by Crippen LogP contribution is 2.46. The van der Waals surface area contributed by atoms with Gasteiger partial charge in [0.25, 0.3) is 0 Å². The van der Waals surface area contributed by atoms with Gasteiger partial charge in [-0.3, -0.25) is 0 Å². The molecule has 110 heavy (non-hydrogen) atoms. The highest BCUT2D eigenvalue weighted by atomic mass is 15.1. The average Bonchev–Trinajstić information content (AvgIpc) is 1.54. The second-order valence-corrected chi connectivity index (χ2v) is 26.6. The first-order valence-corrected chi connectivity index (χ1v) is 36.0. The highest BCUT2D eigenvalue weighted by molar-refractivity contribution is 6.28. The van der Waals surface area contributed by atoms with Gasteiger partial charge in [0.15, 0.2) is 34.9 Å². The molecule has 0 unspecified atom stereocenters. The molecule has 21 aromatic rings. The Bertz CT molecular complexity index is 7590. The zero-order chi connectivity index (χ0) is 78.4. The SMILES string of the molecule is [2H]c1c([2H])c(-n2c3ccccc3c3ccc4c(c5ccccc5n4-c4ccccc4)c32)c(C#N)c([2H])c1-c1nc(-c2ccccc2)nc(-c2ccc(-c3ccccc3)cc2)n1.[2H]c1c([2H])c(-n2c3ccccc3c3ccc4c(c5ccccc5n4-c4ccccc4)c32)c(C#N)c([2H])c1-c1nc(-c2ccccc2)nc(-c2ccccc2)n1. The average molecular weight is 1410 g/mol. The molecule has 0 aliphatic carbocycles. The molecule has 21 rings (SSSR count). The quantitative estimate of drug-likeness (QED) is 0.124. The molecule has 15 aromatic carbocycles. The van der Waals surface area contributed by atoms with E-state index in [1.165, 1.54) is 0 Å². The van der Waals surface area contributed by atoms with Gasteiger partial charge in [-0.25, -0.2) is 29.9 Å². The Labute approximate surface area is 640 Å². The van der Waals surface area contributed by atoms with E-state index in [1.54, 1.807) is 0 Å². The molecule has 0 atom stereocenters. The van der Waals surface area contributed by atoms with Crippen molar-refractivity contribution in [2.45, 2.75) is 0 Å². The number of nitrogens with zero attached hydrogens (tertiary/aromatic N) is 12. The van der Waals surface area contributed by atoms with E-state index >= 15 is 0 Å². The van der Waals surface area contributed by atoms with E-state index in [0.717, 1.165) is 126 Å². The summed E-state index contributed by atoms with van der Waals surface area (Å²) in [6.45, 7) is 0. The van der Waals surface area contributed by atoms with Gasteiger partial charge in [-0.1, -0.05) is 267 Å². The van der Waals surface area contributed by atoms with Crippen molar-refractivity contribution in [1.29, 1.82) is 10.5 Å². The van der Waals surface area contributed by atoms with Crippen LogP contribution in [-0.2, 0) is 0 Å². The molecule has 512 valence electrons. The minimum atomic E-state index is -0.264. The molecular formula is C98H60N12. The van der Waals surface area contributed by atoms with Crippen molar-refractivity contribution >= 4 is 87.2 Å². The van der Waals surface area contributed by atoms with Crippen molar-refractivity contribution < 1.29 is 8.22 Å².